The van der Waals surface area contributed by atoms with Crippen molar-refractivity contribution in [2.24, 2.45) is 0 Å². The van der Waals surface area contributed by atoms with Crippen LogP contribution in [0.15, 0.2) is 21.6 Å². The Morgan fingerprint density at radius 1 is 1.61 bits per heavy atom. The predicted molar refractivity (Wildman–Crippen MR) is 73.1 cm³/mol. The van der Waals surface area contributed by atoms with Gasteiger partial charge in [0, 0.05) is 10.6 Å². The number of carbonyl (C=O) groups is 1. The molecule has 102 valence electrons. The molecule has 0 spiro atoms. The molecular formula is C13H21NO3S. The van der Waals surface area contributed by atoms with Gasteiger partial charge in [0.1, 0.15) is 11.3 Å². The number of furan rings is 1. The molecule has 0 aromatic carbocycles. The standard InChI is InChI=1S/C13H21NO3S/c1-4-7-14-13(3,12(15)16)6-9-18-11-5-8-17-10(11)2/h5,8,14H,4,6-7,9H2,1-3H3,(H,15,16). The maximum absolute atomic E-state index is 11.3. The zero-order valence-corrected chi connectivity index (χ0v) is 12.0. The van der Waals surface area contributed by atoms with Gasteiger partial charge in [0.05, 0.1) is 6.26 Å². The normalized spacial score (nSPS) is 14.4. The Morgan fingerprint density at radius 2 is 2.33 bits per heavy atom. The Hall–Kier alpha value is -0.940. The molecule has 0 fully saturated rings. The summed E-state index contributed by atoms with van der Waals surface area (Å²) in [7, 11) is 0. The first-order valence-electron chi connectivity index (χ1n) is 6.15. The van der Waals surface area contributed by atoms with Gasteiger partial charge in [0.2, 0.25) is 0 Å². The molecule has 0 saturated carbocycles. The van der Waals surface area contributed by atoms with Crippen LogP contribution in [0.1, 0.15) is 32.4 Å². The monoisotopic (exact) mass is 271 g/mol. The van der Waals surface area contributed by atoms with Crippen molar-refractivity contribution in [3.05, 3.63) is 18.1 Å². The highest BCUT2D eigenvalue weighted by Crippen LogP contribution is 2.25. The van der Waals surface area contributed by atoms with Gasteiger partial charge in [-0.15, -0.1) is 11.8 Å². The molecule has 0 aliphatic carbocycles. The third kappa shape index (κ3) is 4.07. The summed E-state index contributed by atoms with van der Waals surface area (Å²) in [6.45, 7) is 6.40. The van der Waals surface area contributed by atoms with Gasteiger partial charge in [-0.05, 0) is 39.3 Å². The number of thioether (sulfide) groups is 1. The molecule has 0 bridgehead atoms. The molecule has 5 heteroatoms. The SMILES string of the molecule is CCCNC(C)(CCSc1ccoc1C)C(=O)O. The van der Waals surface area contributed by atoms with Crippen LogP contribution in [0.25, 0.3) is 0 Å². The number of nitrogens with one attached hydrogen (secondary N) is 1. The highest BCUT2D eigenvalue weighted by atomic mass is 32.2. The van der Waals surface area contributed by atoms with E-state index in [0.717, 1.165) is 29.4 Å². The third-order valence-electron chi connectivity index (χ3n) is 2.91. The molecule has 1 rings (SSSR count). The maximum atomic E-state index is 11.3. The fourth-order valence-corrected chi connectivity index (χ4v) is 2.69. The molecule has 1 unspecified atom stereocenters. The number of aliphatic carboxylic acids is 1. The Labute approximate surface area is 112 Å². The van der Waals surface area contributed by atoms with Gasteiger partial charge < -0.3 is 14.8 Å². The van der Waals surface area contributed by atoms with Crippen molar-refractivity contribution < 1.29 is 14.3 Å². The van der Waals surface area contributed by atoms with Crippen LogP contribution in [-0.4, -0.2) is 28.9 Å². The molecule has 18 heavy (non-hydrogen) atoms. The fraction of sp³-hybridized carbons (Fsp3) is 0.615. The van der Waals surface area contributed by atoms with Crippen LogP contribution in [0.2, 0.25) is 0 Å². The van der Waals surface area contributed by atoms with Crippen molar-refractivity contribution in [1.82, 2.24) is 5.32 Å². The third-order valence-corrected chi connectivity index (χ3v) is 4.05. The molecule has 0 radical (unpaired) electrons. The highest BCUT2D eigenvalue weighted by molar-refractivity contribution is 7.99. The van der Waals surface area contributed by atoms with Gasteiger partial charge in [-0.2, -0.15) is 0 Å². The minimum atomic E-state index is -0.847. The van der Waals surface area contributed by atoms with Crippen LogP contribution < -0.4 is 5.32 Å². The molecule has 0 aliphatic rings. The largest absolute Gasteiger partial charge is 0.480 e. The second-order valence-electron chi connectivity index (χ2n) is 4.50. The van der Waals surface area contributed by atoms with Crippen molar-refractivity contribution in [2.45, 2.75) is 44.0 Å². The van der Waals surface area contributed by atoms with Crippen molar-refractivity contribution in [3.63, 3.8) is 0 Å². The molecule has 4 nitrogen and oxygen atoms in total. The van der Waals surface area contributed by atoms with E-state index < -0.39 is 11.5 Å². The molecule has 2 N–H and O–H groups in total. The Kier molecular flexibility index (Phi) is 5.75. The summed E-state index contributed by atoms with van der Waals surface area (Å²) in [4.78, 5) is 12.4. The summed E-state index contributed by atoms with van der Waals surface area (Å²) >= 11 is 1.63. The number of rotatable bonds is 8. The van der Waals surface area contributed by atoms with Crippen LogP contribution in [0.5, 0.6) is 0 Å². The Balaban J connectivity index is 2.47. The van der Waals surface area contributed by atoms with Gasteiger partial charge in [0.25, 0.3) is 0 Å². The van der Waals surface area contributed by atoms with Crippen LogP contribution in [0.4, 0.5) is 0 Å². The van der Waals surface area contributed by atoms with E-state index in [4.69, 9.17) is 4.42 Å². The molecule has 0 saturated heterocycles. The molecule has 0 aliphatic heterocycles. The van der Waals surface area contributed by atoms with Gasteiger partial charge in [-0.25, -0.2) is 0 Å². The van der Waals surface area contributed by atoms with Crippen LogP contribution in [-0.2, 0) is 4.79 Å². The van der Waals surface area contributed by atoms with E-state index in [1.54, 1.807) is 24.9 Å². The average Bonchev–Trinajstić information content (AvgIpc) is 2.72. The Morgan fingerprint density at radius 3 is 2.83 bits per heavy atom. The van der Waals surface area contributed by atoms with E-state index in [0.29, 0.717) is 6.42 Å². The lowest BCUT2D eigenvalue weighted by molar-refractivity contribution is -0.144. The lowest BCUT2D eigenvalue weighted by atomic mass is 9.99. The van der Waals surface area contributed by atoms with E-state index in [-0.39, 0.29) is 0 Å². The Bertz CT molecular complexity index is 391. The smallest absolute Gasteiger partial charge is 0.323 e. The predicted octanol–water partition coefficient (Wildman–Crippen LogP) is 2.91. The second kappa shape index (κ2) is 6.85. The molecule has 1 aromatic heterocycles. The van der Waals surface area contributed by atoms with E-state index >= 15 is 0 Å². The van der Waals surface area contributed by atoms with Gasteiger partial charge in [-0.1, -0.05) is 6.92 Å². The summed E-state index contributed by atoms with van der Waals surface area (Å²) in [5.74, 6) is 0.846. The quantitative estimate of drug-likeness (QED) is 0.712. The number of aryl methyl sites for hydroxylation is 1. The lowest BCUT2D eigenvalue weighted by Crippen LogP contribution is -2.50. The van der Waals surface area contributed by atoms with E-state index in [9.17, 15) is 9.90 Å². The van der Waals surface area contributed by atoms with E-state index in [1.165, 1.54) is 0 Å². The summed E-state index contributed by atoms with van der Waals surface area (Å²) < 4.78 is 5.21. The molecule has 0 amide bonds. The van der Waals surface area contributed by atoms with Crippen LogP contribution >= 0.6 is 11.8 Å². The molecule has 1 heterocycles. The fourth-order valence-electron chi connectivity index (χ4n) is 1.56. The molecule has 1 aromatic rings. The topological polar surface area (TPSA) is 62.5 Å². The van der Waals surface area contributed by atoms with E-state index in [2.05, 4.69) is 5.32 Å². The maximum Gasteiger partial charge on any atom is 0.323 e. The second-order valence-corrected chi connectivity index (χ2v) is 5.64. The van der Waals surface area contributed by atoms with Crippen molar-refractivity contribution in [1.29, 1.82) is 0 Å². The lowest BCUT2D eigenvalue weighted by Gasteiger charge is -2.26. The number of hydrogen-bond acceptors (Lipinski definition) is 4. The summed E-state index contributed by atoms with van der Waals surface area (Å²) in [5.41, 5.74) is -0.847. The van der Waals surface area contributed by atoms with Crippen molar-refractivity contribution >= 4 is 17.7 Å². The highest BCUT2D eigenvalue weighted by Gasteiger charge is 2.31. The van der Waals surface area contributed by atoms with Gasteiger partial charge in [-0.3, -0.25) is 4.79 Å². The summed E-state index contributed by atoms with van der Waals surface area (Å²) in [5, 5.41) is 12.4. The van der Waals surface area contributed by atoms with Crippen molar-refractivity contribution in [3.8, 4) is 0 Å². The minimum absolute atomic E-state index is 0.581. The van der Waals surface area contributed by atoms with Crippen molar-refractivity contribution in [2.75, 3.05) is 12.3 Å². The number of hydrogen-bond donors (Lipinski definition) is 2. The van der Waals surface area contributed by atoms with Gasteiger partial charge >= 0.3 is 5.97 Å². The average molecular weight is 271 g/mol. The van der Waals surface area contributed by atoms with Crippen LogP contribution in [0.3, 0.4) is 0 Å². The zero-order valence-electron chi connectivity index (χ0n) is 11.2. The van der Waals surface area contributed by atoms with Crippen LogP contribution in [0, 0.1) is 6.92 Å². The molecular weight excluding hydrogens is 250 g/mol. The molecule has 1 atom stereocenters. The first kappa shape index (κ1) is 15.1. The summed E-state index contributed by atoms with van der Waals surface area (Å²) in [6, 6.07) is 1.91. The van der Waals surface area contributed by atoms with E-state index in [1.807, 2.05) is 19.9 Å². The van der Waals surface area contributed by atoms with Gasteiger partial charge in [0.15, 0.2) is 0 Å². The number of carboxylic acids is 1. The first-order chi connectivity index (χ1) is 8.49. The minimum Gasteiger partial charge on any atom is -0.480 e. The number of carboxylic acid groups (broad SMARTS) is 1. The first-order valence-corrected chi connectivity index (χ1v) is 7.13. The summed E-state index contributed by atoms with van der Waals surface area (Å²) in [6.07, 6.45) is 3.16. The zero-order chi connectivity index (χ0) is 13.6.